The number of carbonyl (C=O) groups excluding carboxylic acids is 1. The van der Waals surface area contributed by atoms with Gasteiger partial charge in [0.25, 0.3) is 0 Å². The van der Waals surface area contributed by atoms with Crippen LogP contribution in [-0.4, -0.2) is 38.5 Å². The molecule has 0 bridgehead atoms. The zero-order valence-corrected chi connectivity index (χ0v) is 13.9. The quantitative estimate of drug-likeness (QED) is 0.780. The van der Waals surface area contributed by atoms with E-state index in [0.29, 0.717) is 0 Å². The highest BCUT2D eigenvalue weighted by Gasteiger charge is 2.27. The van der Waals surface area contributed by atoms with Crippen molar-refractivity contribution < 1.29 is 4.79 Å². The largest absolute Gasteiger partial charge is 0.368 e. The van der Waals surface area contributed by atoms with Crippen LogP contribution in [0.15, 0.2) is 30.2 Å². The number of piperidine rings is 1. The molecule has 4 rings (SSSR count). The van der Waals surface area contributed by atoms with Crippen LogP contribution in [0.4, 0.5) is 5.82 Å². The van der Waals surface area contributed by atoms with E-state index in [9.17, 15) is 4.79 Å². The lowest BCUT2D eigenvalue weighted by Crippen LogP contribution is -2.36. The third-order valence-electron chi connectivity index (χ3n) is 4.38. The number of nitrogens with zero attached hydrogens (tertiary/aromatic N) is 5. The maximum atomic E-state index is 11.3. The van der Waals surface area contributed by atoms with Crippen LogP contribution < -0.4 is 10.6 Å². The number of imidazole rings is 1. The van der Waals surface area contributed by atoms with Gasteiger partial charge in [0.05, 0.1) is 10.2 Å². The van der Waals surface area contributed by atoms with E-state index in [1.165, 1.54) is 0 Å². The fourth-order valence-corrected chi connectivity index (χ4v) is 4.23. The zero-order chi connectivity index (χ0) is 16.5. The van der Waals surface area contributed by atoms with Gasteiger partial charge in [0.15, 0.2) is 0 Å². The molecular weight excluding hydrogens is 324 g/mol. The third kappa shape index (κ3) is 2.73. The number of primary amides is 1. The number of nitrogens with two attached hydrogens (primary N) is 1. The summed E-state index contributed by atoms with van der Waals surface area (Å²) >= 11 is 1.67. The molecule has 0 radical (unpaired) electrons. The highest BCUT2D eigenvalue weighted by atomic mass is 32.1. The molecule has 0 aliphatic carbocycles. The summed E-state index contributed by atoms with van der Waals surface area (Å²) in [6.07, 6.45) is 7.29. The highest BCUT2D eigenvalue weighted by Crippen LogP contribution is 2.33. The summed E-state index contributed by atoms with van der Waals surface area (Å²) in [5, 5.41) is 2.05. The van der Waals surface area contributed by atoms with Crippen molar-refractivity contribution in [1.82, 2.24) is 19.5 Å². The average molecular weight is 342 g/mol. The first-order valence-corrected chi connectivity index (χ1v) is 8.83. The predicted molar refractivity (Wildman–Crippen MR) is 93.0 cm³/mol. The number of thiophene rings is 1. The molecular formula is C16H18N6OS. The Morgan fingerprint density at radius 1 is 1.38 bits per heavy atom. The van der Waals surface area contributed by atoms with E-state index < -0.39 is 0 Å². The minimum Gasteiger partial charge on any atom is -0.368 e. The average Bonchev–Trinajstić information content (AvgIpc) is 3.23. The molecule has 1 atom stereocenters. The molecule has 1 aliphatic rings. The van der Waals surface area contributed by atoms with Gasteiger partial charge < -0.3 is 15.2 Å². The molecule has 1 saturated heterocycles. The SMILES string of the molecule is NC(=O)Cn1ccnc1C1CCCN(c2ncnc3ccsc23)C1. The molecule has 1 aliphatic heterocycles. The number of rotatable bonds is 4. The predicted octanol–water partition coefficient (Wildman–Crippen LogP) is 1.76. The first-order valence-electron chi connectivity index (χ1n) is 7.95. The van der Waals surface area contributed by atoms with Crippen molar-refractivity contribution in [2.45, 2.75) is 25.3 Å². The monoisotopic (exact) mass is 342 g/mol. The number of aromatic nitrogens is 4. The standard InChI is InChI=1S/C16H18N6OS/c17-13(23)9-22-6-4-18-15(22)11-2-1-5-21(8-11)16-14-12(3-7-24-14)19-10-20-16/h3-4,6-7,10-11H,1-2,5,8-9H2,(H2,17,23). The van der Waals surface area contributed by atoms with E-state index in [0.717, 1.165) is 47.8 Å². The Bertz CT molecular complexity index is 872. The number of fused-ring (bicyclic) bond motifs is 1. The second kappa shape index (κ2) is 6.20. The number of hydrogen-bond donors (Lipinski definition) is 1. The van der Waals surface area contributed by atoms with Gasteiger partial charge in [-0.1, -0.05) is 0 Å². The Morgan fingerprint density at radius 2 is 2.29 bits per heavy atom. The molecule has 3 aromatic rings. The van der Waals surface area contributed by atoms with Crippen LogP contribution in [0.2, 0.25) is 0 Å². The van der Waals surface area contributed by atoms with Gasteiger partial charge in [0.2, 0.25) is 5.91 Å². The molecule has 4 heterocycles. The van der Waals surface area contributed by atoms with Gasteiger partial charge >= 0.3 is 0 Å². The van der Waals surface area contributed by atoms with Crippen molar-refractivity contribution in [3.8, 4) is 0 Å². The molecule has 0 aromatic carbocycles. The van der Waals surface area contributed by atoms with Gasteiger partial charge in [0, 0.05) is 31.4 Å². The summed E-state index contributed by atoms with van der Waals surface area (Å²) in [7, 11) is 0. The topological polar surface area (TPSA) is 89.9 Å². The van der Waals surface area contributed by atoms with Gasteiger partial charge in [-0.2, -0.15) is 0 Å². The molecule has 124 valence electrons. The maximum Gasteiger partial charge on any atom is 0.237 e. The minimum atomic E-state index is -0.349. The Morgan fingerprint density at radius 3 is 3.17 bits per heavy atom. The van der Waals surface area contributed by atoms with Gasteiger partial charge in [-0.25, -0.2) is 15.0 Å². The Balaban J connectivity index is 1.61. The Labute approximate surface area is 143 Å². The first-order chi connectivity index (χ1) is 11.7. The Hall–Kier alpha value is -2.48. The number of anilines is 1. The van der Waals surface area contributed by atoms with Crippen molar-refractivity contribution in [1.29, 1.82) is 0 Å². The van der Waals surface area contributed by atoms with Crippen molar-refractivity contribution in [3.63, 3.8) is 0 Å². The second-order valence-corrected chi connectivity index (χ2v) is 6.91. The normalized spacial score (nSPS) is 18.2. The van der Waals surface area contributed by atoms with Crippen LogP contribution in [-0.2, 0) is 11.3 Å². The number of carbonyl (C=O) groups is 1. The summed E-state index contributed by atoms with van der Waals surface area (Å²) in [6.45, 7) is 1.98. The highest BCUT2D eigenvalue weighted by molar-refractivity contribution is 7.17. The van der Waals surface area contributed by atoms with Crippen LogP contribution in [0.25, 0.3) is 10.2 Å². The fourth-order valence-electron chi connectivity index (χ4n) is 3.36. The van der Waals surface area contributed by atoms with Gasteiger partial charge in [-0.15, -0.1) is 11.3 Å². The molecule has 1 fully saturated rings. The molecule has 0 saturated carbocycles. The lowest BCUT2D eigenvalue weighted by atomic mass is 9.97. The number of amides is 1. The van der Waals surface area contributed by atoms with Crippen molar-refractivity contribution in [3.05, 3.63) is 36.0 Å². The molecule has 7 nitrogen and oxygen atoms in total. The fraction of sp³-hybridized carbons (Fsp3) is 0.375. The van der Waals surface area contributed by atoms with E-state index in [1.807, 2.05) is 22.2 Å². The van der Waals surface area contributed by atoms with E-state index in [-0.39, 0.29) is 18.4 Å². The zero-order valence-electron chi connectivity index (χ0n) is 13.1. The van der Waals surface area contributed by atoms with E-state index in [4.69, 9.17) is 5.73 Å². The number of hydrogen-bond acceptors (Lipinski definition) is 6. The van der Waals surface area contributed by atoms with Crippen molar-refractivity contribution >= 4 is 33.3 Å². The summed E-state index contributed by atoms with van der Waals surface area (Å²) in [5.74, 6) is 1.83. The van der Waals surface area contributed by atoms with Gasteiger partial charge in [-0.05, 0) is 24.3 Å². The van der Waals surface area contributed by atoms with Crippen LogP contribution in [0.3, 0.4) is 0 Å². The summed E-state index contributed by atoms with van der Waals surface area (Å²) in [4.78, 5) is 26.9. The van der Waals surface area contributed by atoms with Crippen LogP contribution in [0.5, 0.6) is 0 Å². The molecule has 1 unspecified atom stereocenters. The van der Waals surface area contributed by atoms with E-state index in [1.54, 1.807) is 23.9 Å². The lowest BCUT2D eigenvalue weighted by molar-refractivity contribution is -0.118. The lowest BCUT2D eigenvalue weighted by Gasteiger charge is -2.33. The van der Waals surface area contributed by atoms with E-state index in [2.05, 4.69) is 19.9 Å². The molecule has 24 heavy (non-hydrogen) atoms. The van der Waals surface area contributed by atoms with Crippen LogP contribution in [0, 0.1) is 0 Å². The van der Waals surface area contributed by atoms with Gasteiger partial charge in [0.1, 0.15) is 24.5 Å². The molecule has 0 spiro atoms. The summed E-state index contributed by atoms with van der Waals surface area (Å²) in [5.41, 5.74) is 6.33. The third-order valence-corrected chi connectivity index (χ3v) is 5.28. The Kier molecular flexibility index (Phi) is 3.89. The van der Waals surface area contributed by atoms with E-state index >= 15 is 0 Å². The van der Waals surface area contributed by atoms with Crippen molar-refractivity contribution in [2.75, 3.05) is 18.0 Å². The second-order valence-electron chi connectivity index (χ2n) is 6.00. The maximum absolute atomic E-state index is 11.3. The minimum absolute atomic E-state index is 0.175. The van der Waals surface area contributed by atoms with Crippen LogP contribution in [0.1, 0.15) is 24.6 Å². The smallest absolute Gasteiger partial charge is 0.237 e. The molecule has 8 heteroatoms. The summed E-state index contributed by atoms with van der Waals surface area (Å²) < 4.78 is 2.98. The summed E-state index contributed by atoms with van der Waals surface area (Å²) in [6, 6.07) is 2.02. The molecule has 2 N–H and O–H groups in total. The van der Waals surface area contributed by atoms with Crippen molar-refractivity contribution in [2.24, 2.45) is 5.73 Å². The molecule has 3 aromatic heterocycles. The van der Waals surface area contributed by atoms with Gasteiger partial charge in [-0.3, -0.25) is 4.79 Å². The molecule has 1 amide bonds. The first kappa shape index (κ1) is 15.1. The van der Waals surface area contributed by atoms with Crippen LogP contribution >= 0.6 is 11.3 Å².